The molecule has 112 valence electrons. The van der Waals surface area contributed by atoms with Crippen molar-refractivity contribution in [1.82, 2.24) is 15.5 Å². The minimum atomic E-state index is 0.0264. The molecule has 2 aromatic rings. The largest absolute Gasteiger partial charge is 0.356 e. The molecule has 0 spiro atoms. The molecule has 5 nitrogen and oxygen atoms in total. The van der Waals surface area contributed by atoms with Crippen LogP contribution in [0.4, 0.5) is 0 Å². The molecule has 0 aliphatic carbocycles. The summed E-state index contributed by atoms with van der Waals surface area (Å²) in [6, 6.07) is 7.93. The third-order valence-electron chi connectivity index (χ3n) is 3.20. The monoisotopic (exact) mass is 287 g/mol. The van der Waals surface area contributed by atoms with E-state index in [2.05, 4.69) is 22.4 Å². The number of unbranched alkanes of at least 4 members (excludes halogenated alkanes) is 1. The minimum Gasteiger partial charge on any atom is -0.356 e. The predicted molar refractivity (Wildman–Crippen MR) is 80.7 cm³/mol. The predicted octanol–water partition coefficient (Wildman–Crippen LogP) is 2.89. The summed E-state index contributed by atoms with van der Waals surface area (Å²) in [6.07, 6.45) is 2.92. The lowest BCUT2D eigenvalue weighted by Gasteiger charge is -2.01. The van der Waals surface area contributed by atoms with Crippen molar-refractivity contribution < 1.29 is 9.32 Å². The normalized spacial score (nSPS) is 10.6. The second-order valence-corrected chi connectivity index (χ2v) is 5.08. The highest BCUT2D eigenvalue weighted by Gasteiger charge is 2.10. The highest BCUT2D eigenvalue weighted by Crippen LogP contribution is 2.16. The SMILES string of the molecule is CCCCNC(=O)CCc1nc(-c2ccc(C)cc2)no1. The summed E-state index contributed by atoms with van der Waals surface area (Å²) in [5, 5.41) is 6.82. The molecule has 1 aromatic carbocycles. The Bertz CT molecular complexity index is 575. The van der Waals surface area contributed by atoms with E-state index in [-0.39, 0.29) is 5.91 Å². The molecule has 1 heterocycles. The van der Waals surface area contributed by atoms with Crippen molar-refractivity contribution in [2.45, 2.75) is 39.5 Å². The Labute approximate surface area is 124 Å². The van der Waals surface area contributed by atoms with Gasteiger partial charge < -0.3 is 9.84 Å². The molecule has 5 heteroatoms. The van der Waals surface area contributed by atoms with Crippen LogP contribution in [0.3, 0.4) is 0 Å². The molecular weight excluding hydrogens is 266 g/mol. The summed E-state index contributed by atoms with van der Waals surface area (Å²) in [7, 11) is 0. The maximum absolute atomic E-state index is 11.6. The molecule has 1 aromatic heterocycles. The zero-order valence-corrected chi connectivity index (χ0v) is 12.6. The van der Waals surface area contributed by atoms with Crippen LogP contribution in [-0.4, -0.2) is 22.6 Å². The number of nitrogens with zero attached hydrogens (tertiary/aromatic N) is 2. The molecule has 0 unspecified atom stereocenters. The Balaban J connectivity index is 1.86. The number of hydrogen-bond donors (Lipinski definition) is 1. The van der Waals surface area contributed by atoms with E-state index in [1.165, 1.54) is 5.56 Å². The summed E-state index contributed by atoms with van der Waals surface area (Å²) < 4.78 is 5.18. The van der Waals surface area contributed by atoms with Crippen LogP contribution in [0.2, 0.25) is 0 Å². The zero-order chi connectivity index (χ0) is 15.1. The fourth-order valence-corrected chi connectivity index (χ4v) is 1.89. The van der Waals surface area contributed by atoms with Gasteiger partial charge in [0, 0.05) is 24.9 Å². The third-order valence-corrected chi connectivity index (χ3v) is 3.20. The Morgan fingerprint density at radius 1 is 1.29 bits per heavy atom. The Hall–Kier alpha value is -2.17. The average Bonchev–Trinajstić information content (AvgIpc) is 2.95. The molecule has 0 atom stereocenters. The van der Waals surface area contributed by atoms with Gasteiger partial charge in [0.25, 0.3) is 0 Å². The third kappa shape index (κ3) is 4.70. The minimum absolute atomic E-state index is 0.0264. The van der Waals surface area contributed by atoms with Crippen LogP contribution in [0.1, 0.15) is 37.6 Å². The number of carbonyl (C=O) groups is 1. The zero-order valence-electron chi connectivity index (χ0n) is 12.6. The quantitative estimate of drug-likeness (QED) is 0.795. The molecule has 0 radical (unpaired) electrons. The van der Waals surface area contributed by atoms with Crippen molar-refractivity contribution in [3.05, 3.63) is 35.7 Å². The van der Waals surface area contributed by atoms with E-state index in [0.717, 1.165) is 24.9 Å². The molecule has 0 aliphatic rings. The van der Waals surface area contributed by atoms with Crippen molar-refractivity contribution in [3.8, 4) is 11.4 Å². The van der Waals surface area contributed by atoms with Gasteiger partial charge in [-0.3, -0.25) is 4.79 Å². The van der Waals surface area contributed by atoms with Gasteiger partial charge in [0.1, 0.15) is 0 Å². The summed E-state index contributed by atoms with van der Waals surface area (Å²) in [5.41, 5.74) is 2.11. The summed E-state index contributed by atoms with van der Waals surface area (Å²) in [4.78, 5) is 15.9. The van der Waals surface area contributed by atoms with E-state index in [9.17, 15) is 4.79 Å². The lowest BCUT2D eigenvalue weighted by atomic mass is 10.1. The molecule has 0 saturated heterocycles. The molecule has 1 N–H and O–H groups in total. The number of aromatic nitrogens is 2. The van der Waals surface area contributed by atoms with Crippen molar-refractivity contribution in [2.75, 3.05) is 6.54 Å². The van der Waals surface area contributed by atoms with E-state index in [4.69, 9.17) is 4.52 Å². The van der Waals surface area contributed by atoms with Crippen LogP contribution in [0.5, 0.6) is 0 Å². The number of carbonyl (C=O) groups excluding carboxylic acids is 1. The molecule has 0 bridgehead atoms. The second kappa shape index (κ2) is 7.57. The Kier molecular flexibility index (Phi) is 5.49. The van der Waals surface area contributed by atoms with Gasteiger partial charge in [-0.15, -0.1) is 0 Å². The summed E-state index contributed by atoms with van der Waals surface area (Å²) in [5.74, 6) is 1.09. The fraction of sp³-hybridized carbons (Fsp3) is 0.438. The lowest BCUT2D eigenvalue weighted by molar-refractivity contribution is -0.121. The highest BCUT2D eigenvalue weighted by atomic mass is 16.5. The maximum atomic E-state index is 11.6. The van der Waals surface area contributed by atoms with Gasteiger partial charge in [0.05, 0.1) is 0 Å². The standard InChI is InChI=1S/C16H21N3O2/c1-3-4-11-17-14(20)9-10-15-18-16(19-21-15)13-7-5-12(2)6-8-13/h5-8H,3-4,9-11H2,1-2H3,(H,17,20). The van der Waals surface area contributed by atoms with Crippen molar-refractivity contribution in [1.29, 1.82) is 0 Å². The molecule has 1 amide bonds. The van der Waals surface area contributed by atoms with Crippen LogP contribution in [0, 0.1) is 6.92 Å². The van der Waals surface area contributed by atoms with Gasteiger partial charge in [0.2, 0.25) is 17.6 Å². The first-order valence-corrected chi connectivity index (χ1v) is 7.35. The topological polar surface area (TPSA) is 68.0 Å². The highest BCUT2D eigenvalue weighted by molar-refractivity contribution is 5.75. The van der Waals surface area contributed by atoms with Gasteiger partial charge in [-0.05, 0) is 13.3 Å². The van der Waals surface area contributed by atoms with Crippen LogP contribution in [0.15, 0.2) is 28.8 Å². The molecule has 2 rings (SSSR count). The van der Waals surface area contributed by atoms with Crippen LogP contribution in [-0.2, 0) is 11.2 Å². The first kappa shape index (κ1) is 15.2. The van der Waals surface area contributed by atoms with Crippen LogP contribution >= 0.6 is 0 Å². The molecular formula is C16H21N3O2. The van der Waals surface area contributed by atoms with E-state index in [1.54, 1.807) is 0 Å². The van der Waals surface area contributed by atoms with Gasteiger partial charge >= 0.3 is 0 Å². The fourth-order valence-electron chi connectivity index (χ4n) is 1.89. The smallest absolute Gasteiger partial charge is 0.227 e. The number of rotatable bonds is 7. The molecule has 0 fully saturated rings. The number of aryl methyl sites for hydroxylation is 2. The first-order chi connectivity index (χ1) is 10.2. The van der Waals surface area contributed by atoms with Gasteiger partial charge in [-0.2, -0.15) is 4.98 Å². The summed E-state index contributed by atoms with van der Waals surface area (Å²) in [6.45, 7) is 4.85. The van der Waals surface area contributed by atoms with E-state index in [1.807, 2.05) is 31.2 Å². The number of amides is 1. The van der Waals surface area contributed by atoms with Crippen molar-refractivity contribution >= 4 is 5.91 Å². The van der Waals surface area contributed by atoms with Crippen molar-refractivity contribution in [3.63, 3.8) is 0 Å². The molecule has 0 saturated carbocycles. The van der Waals surface area contributed by atoms with Crippen LogP contribution in [0.25, 0.3) is 11.4 Å². The number of benzene rings is 1. The number of hydrogen-bond acceptors (Lipinski definition) is 4. The van der Waals surface area contributed by atoms with Gasteiger partial charge in [-0.1, -0.05) is 48.3 Å². The molecule has 0 aliphatic heterocycles. The lowest BCUT2D eigenvalue weighted by Crippen LogP contribution is -2.24. The number of nitrogens with one attached hydrogen (secondary N) is 1. The van der Waals surface area contributed by atoms with Crippen LogP contribution < -0.4 is 5.32 Å². The van der Waals surface area contributed by atoms with Gasteiger partial charge in [-0.25, -0.2) is 0 Å². The van der Waals surface area contributed by atoms with E-state index < -0.39 is 0 Å². The Morgan fingerprint density at radius 2 is 2.05 bits per heavy atom. The Morgan fingerprint density at radius 3 is 2.76 bits per heavy atom. The average molecular weight is 287 g/mol. The second-order valence-electron chi connectivity index (χ2n) is 5.08. The van der Waals surface area contributed by atoms with E-state index >= 15 is 0 Å². The first-order valence-electron chi connectivity index (χ1n) is 7.35. The maximum Gasteiger partial charge on any atom is 0.227 e. The summed E-state index contributed by atoms with van der Waals surface area (Å²) >= 11 is 0. The molecule has 21 heavy (non-hydrogen) atoms. The van der Waals surface area contributed by atoms with Gasteiger partial charge in [0.15, 0.2) is 0 Å². The van der Waals surface area contributed by atoms with E-state index in [0.29, 0.717) is 24.6 Å². The van der Waals surface area contributed by atoms with Crippen molar-refractivity contribution in [2.24, 2.45) is 0 Å².